The molecule has 2 heterocycles. The zero-order valence-corrected chi connectivity index (χ0v) is 14.7. The van der Waals surface area contributed by atoms with Crippen LogP contribution < -0.4 is 0 Å². The lowest BCUT2D eigenvalue weighted by Gasteiger charge is -2.13. The summed E-state index contributed by atoms with van der Waals surface area (Å²) in [5, 5.41) is 0. The normalized spacial score (nSPS) is 12.3. The predicted octanol–water partition coefficient (Wildman–Crippen LogP) is 5.38. The topological polar surface area (TPSA) is 30.7 Å². The molecule has 2 aromatic heterocycles. The summed E-state index contributed by atoms with van der Waals surface area (Å²) in [6, 6.07) is 7.31. The maximum absolute atomic E-state index is 12.7. The largest absolute Gasteiger partial charge is 0.416 e. The SMILES string of the molecule is CC(C)n1c(Cc2ccc(C(F)(F)F)cc2)nc2ncc(Br)cc21. The number of nitrogens with zero attached hydrogens (tertiary/aromatic N) is 3. The Kier molecular flexibility index (Phi) is 4.38. The van der Waals surface area contributed by atoms with Gasteiger partial charge in [0.15, 0.2) is 5.65 Å². The second-order valence-corrected chi connectivity index (χ2v) is 6.78. The van der Waals surface area contributed by atoms with Gasteiger partial charge in [-0.2, -0.15) is 13.2 Å². The molecule has 1 aromatic carbocycles. The van der Waals surface area contributed by atoms with Crippen molar-refractivity contribution in [2.24, 2.45) is 0 Å². The van der Waals surface area contributed by atoms with Crippen molar-refractivity contribution in [2.45, 2.75) is 32.5 Å². The molecule has 0 aliphatic heterocycles. The molecule has 7 heteroatoms. The van der Waals surface area contributed by atoms with E-state index in [9.17, 15) is 13.2 Å². The molecule has 0 saturated carbocycles. The van der Waals surface area contributed by atoms with Crippen LogP contribution in [0, 0.1) is 0 Å². The molecule has 3 aromatic rings. The first-order chi connectivity index (χ1) is 11.3. The van der Waals surface area contributed by atoms with Gasteiger partial charge in [-0.15, -0.1) is 0 Å². The Morgan fingerprint density at radius 2 is 1.83 bits per heavy atom. The van der Waals surface area contributed by atoms with E-state index < -0.39 is 11.7 Å². The van der Waals surface area contributed by atoms with E-state index in [1.807, 2.05) is 19.9 Å². The van der Waals surface area contributed by atoms with Crippen LogP contribution in [0.25, 0.3) is 11.2 Å². The molecule has 24 heavy (non-hydrogen) atoms. The van der Waals surface area contributed by atoms with Gasteiger partial charge in [-0.3, -0.25) is 0 Å². The van der Waals surface area contributed by atoms with Gasteiger partial charge in [-0.1, -0.05) is 12.1 Å². The van der Waals surface area contributed by atoms with Crippen LogP contribution in [0.2, 0.25) is 0 Å². The molecule has 0 fully saturated rings. The van der Waals surface area contributed by atoms with Crippen molar-refractivity contribution in [1.82, 2.24) is 14.5 Å². The van der Waals surface area contributed by atoms with Crippen molar-refractivity contribution >= 4 is 27.1 Å². The number of imidazole rings is 1. The summed E-state index contributed by atoms with van der Waals surface area (Å²) in [4.78, 5) is 8.86. The van der Waals surface area contributed by atoms with E-state index in [0.29, 0.717) is 12.1 Å². The minimum atomic E-state index is -4.32. The fraction of sp³-hybridized carbons (Fsp3) is 0.294. The molecule has 0 spiro atoms. The Morgan fingerprint density at radius 3 is 2.42 bits per heavy atom. The second kappa shape index (κ2) is 6.20. The number of rotatable bonds is 3. The second-order valence-electron chi connectivity index (χ2n) is 5.86. The molecule has 0 unspecified atom stereocenters. The molecule has 0 N–H and O–H groups in total. The summed E-state index contributed by atoms with van der Waals surface area (Å²) >= 11 is 3.41. The fourth-order valence-electron chi connectivity index (χ4n) is 2.70. The van der Waals surface area contributed by atoms with Gasteiger partial charge in [0, 0.05) is 23.1 Å². The number of halogens is 4. The maximum atomic E-state index is 12.7. The van der Waals surface area contributed by atoms with E-state index in [2.05, 4.69) is 30.5 Å². The molecule has 3 nitrogen and oxygen atoms in total. The number of benzene rings is 1. The van der Waals surface area contributed by atoms with E-state index in [1.54, 1.807) is 6.20 Å². The van der Waals surface area contributed by atoms with Crippen LogP contribution in [-0.2, 0) is 12.6 Å². The van der Waals surface area contributed by atoms with Crippen LogP contribution in [0.5, 0.6) is 0 Å². The zero-order chi connectivity index (χ0) is 17.5. The third-order valence-electron chi connectivity index (χ3n) is 3.75. The van der Waals surface area contributed by atoms with E-state index in [1.165, 1.54) is 12.1 Å². The molecule has 0 aliphatic carbocycles. The molecule has 0 atom stereocenters. The zero-order valence-electron chi connectivity index (χ0n) is 13.1. The van der Waals surface area contributed by atoms with Gasteiger partial charge in [-0.05, 0) is 53.5 Å². The molecular weight excluding hydrogens is 383 g/mol. The van der Waals surface area contributed by atoms with Gasteiger partial charge in [-0.25, -0.2) is 9.97 Å². The minimum absolute atomic E-state index is 0.163. The smallest absolute Gasteiger partial charge is 0.324 e. The molecule has 0 amide bonds. The van der Waals surface area contributed by atoms with Crippen LogP contribution in [0.15, 0.2) is 41.0 Å². The van der Waals surface area contributed by atoms with Crippen molar-refractivity contribution in [1.29, 1.82) is 0 Å². The van der Waals surface area contributed by atoms with Crippen molar-refractivity contribution in [3.8, 4) is 0 Å². The first-order valence-electron chi connectivity index (χ1n) is 7.44. The monoisotopic (exact) mass is 397 g/mol. The molecule has 3 rings (SSSR count). The highest BCUT2D eigenvalue weighted by atomic mass is 79.9. The standard InChI is InChI=1S/C17H15BrF3N3/c1-10(2)24-14-8-13(18)9-22-16(14)23-15(24)7-11-3-5-12(6-4-11)17(19,20)21/h3-6,8-10H,7H2,1-2H3. The number of alkyl halides is 3. The van der Waals surface area contributed by atoms with Gasteiger partial charge in [0.1, 0.15) is 5.82 Å². The van der Waals surface area contributed by atoms with Gasteiger partial charge in [0.2, 0.25) is 0 Å². The molecule has 0 radical (unpaired) electrons. The summed E-state index contributed by atoms with van der Waals surface area (Å²) in [6.45, 7) is 4.08. The average molecular weight is 398 g/mol. The molecule has 0 bridgehead atoms. The molecule has 0 saturated heterocycles. The highest BCUT2D eigenvalue weighted by Gasteiger charge is 2.30. The average Bonchev–Trinajstić information content (AvgIpc) is 2.84. The van der Waals surface area contributed by atoms with Crippen LogP contribution in [0.1, 0.15) is 36.8 Å². The van der Waals surface area contributed by atoms with E-state index in [-0.39, 0.29) is 6.04 Å². The van der Waals surface area contributed by atoms with E-state index in [4.69, 9.17) is 0 Å². The van der Waals surface area contributed by atoms with Crippen molar-refractivity contribution in [3.05, 3.63) is 58.0 Å². The third kappa shape index (κ3) is 3.31. The highest BCUT2D eigenvalue weighted by Crippen LogP contribution is 2.30. The Labute approximate surface area is 145 Å². The van der Waals surface area contributed by atoms with Gasteiger partial charge >= 0.3 is 6.18 Å². The summed E-state index contributed by atoms with van der Waals surface area (Å²) in [5.74, 6) is 0.783. The Balaban J connectivity index is 1.99. The first kappa shape index (κ1) is 17.0. The lowest BCUT2D eigenvalue weighted by molar-refractivity contribution is -0.137. The Bertz CT molecular complexity index is 867. The first-order valence-corrected chi connectivity index (χ1v) is 8.23. The lowest BCUT2D eigenvalue weighted by atomic mass is 10.1. The van der Waals surface area contributed by atoms with Crippen molar-refractivity contribution < 1.29 is 13.2 Å². The third-order valence-corrected chi connectivity index (χ3v) is 4.18. The van der Waals surface area contributed by atoms with Crippen LogP contribution in [0.3, 0.4) is 0 Å². The maximum Gasteiger partial charge on any atom is 0.416 e. The van der Waals surface area contributed by atoms with E-state index in [0.717, 1.165) is 33.5 Å². The summed E-state index contributed by atoms with van der Waals surface area (Å²) < 4.78 is 40.9. The Morgan fingerprint density at radius 1 is 1.17 bits per heavy atom. The summed E-state index contributed by atoms with van der Waals surface area (Å²) in [7, 11) is 0. The molecule has 126 valence electrons. The lowest BCUT2D eigenvalue weighted by Crippen LogP contribution is -2.08. The van der Waals surface area contributed by atoms with Gasteiger partial charge in [0.25, 0.3) is 0 Å². The van der Waals surface area contributed by atoms with Crippen molar-refractivity contribution in [2.75, 3.05) is 0 Å². The quantitative estimate of drug-likeness (QED) is 0.593. The number of hydrogen-bond donors (Lipinski definition) is 0. The fourth-order valence-corrected chi connectivity index (χ4v) is 3.01. The van der Waals surface area contributed by atoms with Gasteiger partial charge < -0.3 is 4.57 Å². The Hall–Kier alpha value is -1.89. The minimum Gasteiger partial charge on any atom is -0.324 e. The number of fused-ring (bicyclic) bond motifs is 1. The summed E-state index contributed by atoms with van der Waals surface area (Å²) in [5.41, 5.74) is 1.67. The van der Waals surface area contributed by atoms with Crippen molar-refractivity contribution in [3.63, 3.8) is 0 Å². The van der Waals surface area contributed by atoms with Crippen LogP contribution in [-0.4, -0.2) is 14.5 Å². The summed E-state index contributed by atoms with van der Waals surface area (Å²) in [6.07, 6.45) is -2.19. The number of aromatic nitrogens is 3. The van der Waals surface area contributed by atoms with Crippen LogP contribution in [0.4, 0.5) is 13.2 Å². The highest BCUT2D eigenvalue weighted by molar-refractivity contribution is 9.10. The number of pyridine rings is 1. The van der Waals surface area contributed by atoms with E-state index >= 15 is 0 Å². The van der Waals surface area contributed by atoms with Crippen LogP contribution >= 0.6 is 15.9 Å². The van der Waals surface area contributed by atoms with Gasteiger partial charge in [0.05, 0.1) is 11.1 Å². The predicted molar refractivity (Wildman–Crippen MR) is 89.9 cm³/mol. The number of hydrogen-bond acceptors (Lipinski definition) is 2. The molecule has 0 aliphatic rings. The molecular formula is C17H15BrF3N3.